The van der Waals surface area contributed by atoms with Gasteiger partial charge in [-0.2, -0.15) is 0 Å². The average molecular weight is 245 g/mol. The number of benzene rings is 1. The maximum atomic E-state index is 5.87. The molecule has 2 N–H and O–H groups in total. The summed E-state index contributed by atoms with van der Waals surface area (Å²) in [6, 6.07) is 5.76. The zero-order valence-corrected chi connectivity index (χ0v) is 9.34. The summed E-state index contributed by atoms with van der Waals surface area (Å²) in [5, 5.41) is 1.74. The summed E-state index contributed by atoms with van der Waals surface area (Å²) in [4.78, 5) is 5.15. The van der Waals surface area contributed by atoms with Gasteiger partial charge in [-0.25, -0.2) is 0 Å². The molecule has 0 aliphatic carbocycles. The van der Waals surface area contributed by atoms with Crippen molar-refractivity contribution < 1.29 is 4.84 Å². The Morgan fingerprint density at radius 3 is 2.77 bits per heavy atom. The topological polar surface area (TPSA) is 38.5 Å². The molecule has 1 rings (SSSR count). The molecular weight excluding hydrogens is 232 g/mol. The van der Waals surface area contributed by atoms with E-state index in [9.17, 15) is 0 Å². The van der Waals surface area contributed by atoms with Crippen molar-refractivity contribution >= 4 is 27.3 Å². The van der Waals surface area contributed by atoms with Gasteiger partial charge < -0.3 is 5.73 Å². The molecule has 1 aromatic carbocycles. The Morgan fingerprint density at radius 1 is 1.54 bits per heavy atom. The van der Waals surface area contributed by atoms with E-state index in [1.54, 1.807) is 12.2 Å². The second kappa shape index (κ2) is 4.48. The van der Waals surface area contributed by atoms with Crippen LogP contribution < -0.4 is 10.8 Å². The number of hydroxylamine groups is 1. The fraction of sp³-hybridized carbons (Fsp3) is 0.333. The predicted octanol–water partition coefficient (Wildman–Crippen LogP) is 2.42. The van der Waals surface area contributed by atoms with Gasteiger partial charge in [-0.15, -0.1) is 0 Å². The van der Waals surface area contributed by atoms with E-state index < -0.39 is 0 Å². The molecule has 0 unspecified atom stereocenters. The Kier molecular flexibility index (Phi) is 3.57. The Bertz CT molecular complexity index is 287. The van der Waals surface area contributed by atoms with E-state index in [1.807, 2.05) is 25.1 Å². The first-order valence-electron chi connectivity index (χ1n) is 4.06. The first-order chi connectivity index (χ1) is 6.20. The Balaban J connectivity index is 3.05. The summed E-state index contributed by atoms with van der Waals surface area (Å²) < 4.78 is 0.889. The lowest BCUT2D eigenvalue weighted by atomic mass is 10.2. The molecule has 4 heteroatoms. The van der Waals surface area contributed by atoms with Crippen molar-refractivity contribution in [3.05, 3.63) is 22.7 Å². The molecule has 72 valence electrons. The molecule has 0 aliphatic rings. The van der Waals surface area contributed by atoms with Crippen LogP contribution in [0.2, 0.25) is 0 Å². The van der Waals surface area contributed by atoms with Crippen molar-refractivity contribution in [3.63, 3.8) is 0 Å². The minimum absolute atomic E-state index is 0.700. The molecule has 0 spiro atoms. The standard InChI is InChI=1S/C9H13BrN2O/c1-3-12(13-2)8-6-4-5-7(10)9(8)11/h4-6H,3,11H2,1-2H3. The molecule has 0 saturated carbocycles. The van der Waals surface area contributed by atoms with Crippen LogP contribution >= 0.6 is 15.9 Å². The number of nitrogen functional groups attached to an aromatic ring is 1. The number of para-hydroxylation sites is 1. The normalized spacial score (nSPS) is 10.1. The zero-order chi connectivity index (χ0) is 9.84. The molecule has 1 aromatic rings. The van der Waals surface area contributed by atoms with Gasteiger partial charge in [-0.05, 0) is 35.0 Å². The molecule has 0 aromatic heterocycles. The third-order valence-electron chi connectivity index (χ3n) is 1.81. The van der Waals surface area contributed by atoms with E-state index in [2.05, 4.69) is 15.9 Å². The van der Waals surface area contributed by atoms with Crippen LogP contribution in [-0.4, -0.2) is 13.7 Å². The largest absolute Gasteiger partial charge is 0.396 e. The quantitative estimate of drug-likeness (QED) is 0.656. The van der Waals surface area contributed by atoms with E-state index in [0.717, 1.165) is 16.7 Å². The van der Waals surface area contributed by atoms with Gasteiger partial charge in [-0.3, -0.25) is 9.90 Å². The summed E-state index contributed by atoms with van der Waals surface area (Å²) in [6.07, 6.45) is 0. The SMILES string of the molecule is CCN(OC)c1cccc(Br)c1N. The van der Waals surface area contributed by atoms with Crippen molar-refractivity contribution in [1.82, 2.24) is 0 Å². The highest BCUT2D eigenvalue weighted by atomic mass is 79.9. The number of hydrogen-bond donors (Lipinski definition) is 1. The summed E-state index contributed by atoms with van der Waals surface area (Å²) in [5.74, 6) is 0. The second-order valence-electron chi connectivity index (χ2n) is 2.55. The summed E-state index contributed by atoms with van der Waals surface area (Å²) in [6.45, 7) is 2.76. The lowest BCUT2D eigenvalue weighted by molar-refractivity contribution is 0.171. The molecule has 0 heterocycles. The highest BCUT2D eigenvalue weighted by molar-refractivity contribution is 9.10. The molecule has 13 heavy (non-hydrogen) atoms. The van der Waals surface area contributed by atoms with Gasteiger partial charge in [0.15, 0.2) is 0 Å². The fourth-order valence-corrected chi connectivity index (χ4v) is 1.50. The number of rotatable bonds is 3. The van der Waals surface area contributed by atoms with Crippen LogP contribution in [0.4, 0.5) is 11.4 Å². The minimum atomic E-state index is 0.700. The number of nitrogens with zero attached hydrogens (tertiary/aromatic N) is 1. The summed E-state index contributed by atoms with van der Waals surface area (Å²) in [7, 11) is 1.63. The molecule has 0 saturated heterocycles. The van der Waals surface area contributed by atoms with Crippen molar-refractivity contribution in [2.75, 3.05) is 24.5 Å². The fourth-order valence-electron chi connectivity index (χ4n) is 1.14. The molecule has 0 radical (unpaired) electrons. The minimum Gasteiger partial charge on any atom is -0.396 e. The van der Waals surface area contributed by atoms with Gasteiger partial charge in [0.1, 0.15) is 0 Å². The molecule has 0 fully saturated rings. The van der Waals surface area contributed by atoms with Crippen LogP contribution in [-0.2, 0) is 4.84 Å². The van der Waals surface area contributed by atoms with E-state index in [4.69, 9.17) is 10.6 Å². The van der Waals surface area contributed by atoms with Gasteiger partial charge in [0.2, 0.25) is 0 Å². The van der Waals surface area contributed by atoms with Gasteiger partial charge in [0.25, 0.3) is 0 Å². The number of nitrogens with two attached hydrogens (primary N) is 1. The number of anilines is 2. The highest BCUT2D eigenvalue weighted by Crippen LogP contribution is 2.30. The molecule has 3 nitrogen and oxygen atoms in total. The Morgan fingerprint density at radius 2 is 2.23 bits per heavy atom. The van der Waals surface area contributed by atoms with Crippen molar-refractivity contribution in [2.24, 2.45) is 0 Å². The first-order valence-corrected chi connectivity index (χ1v) is 4.85. The Labute approximate surface area is 86.6 Å². The molecular formula is C9H13BrN2O. The predicted molar refractivity (Wildman–Crippen MR) is 58.6 cm³/mol. The molecule has 0 aliphatic heterocycles. The first kappa shape index (κ1) is 10.3. The van der Waals surface area contributed by atoms with Gasteiger partial charge >= 0.3 is 0 Å². The van der Waals surface area contributed by atoms with Crippen LogP contribution in [0.1, 0.15) is 6.92 Å². The van der Waals surface area contributed by atoms with Crippen molar-refractivity contribution in [3.8, 4) is 0 Å². The monoisotopic (exact) mass is 244 g/mol. The third kappa shape index (κ3) is 2.14. The Hall–Kier alpha value is -0.740. The average Bonchev–Trinajstić information content (AvgIpc) is 2.14. The van der Waals surface area contributed by atoms with Crippen molar-refractivity contribution in [2.45, 2.75) is 6.92 Å². The highest BCUT2D eigenvalue weighted by Gasteiger charge is 2.08. The maximum absolute atomic E-state index is 5.87. The van der Waals surface area contributed by atoms with E-state index in [0.29, 0.717) is 5.69 Å². The van der Waals surface area contributed by atoms with Crippen LogP contribution in [0, 0.1) is 0 Å². The zero-order valence-electron chi connectivity index (χ0n) is 7.75. The maximum Gasteiger partial charge on any atom is 0.0877 e. The lowest BCUT2D eigenvalue weighted by Gasteiger charge is -2.21. The summed E-state index contributed by atoms with van der Waals surface area (Å²) in [5.41, 5.74) is 7.45. The van der Waals surface area contributed by atoms with Crippen molar-refractivity contribution in [1.29, 1.82) is 0 Å². The second-order valence-corrected chi connectivity index (χ2v) is 3.40. The van der Waals surface area contributed by atoms with Gasteiger partial charge in [0.05, 0.1) is 18.5 Å². The van der Waals surface area contributed by atoms with Crippen LogP contribution in [0.25, 0.3) is 0 Å². The van der Waals surface area contributed by atoms with E-state index in [1.165, 1.54) is 0 Å². The van der Waals surface area contributed by atoms with Crippen LogP contribution in [0.5, 0.6) is 0 Å². The lowest BCUT2D eigenvalue weighted by Crippen LogP contribution is -2.21. The van der Waals surface area contributed by atoms with Crippen LogP contribution in [0.3, 0.4) is 0 Å². The summed E-state index contributed by atoms with van der Waals surface area (Å²) >= 11 is 3.37. The smallest absolute Gasteiger partial charge is 0.0877 e. The van der Waals surface area contributed by atoms with Crippen LogP contribution in [0.15, 0.2) is 22.7 Å². The number of halogens is 1. The third-order valence-corrected chi connectivity index (χ3v) is 2.50. The van der Waals surface area contributed by atoms with Gasteiger partial charge in [0, 0.05) is 11.0 Å². The number of hydrogen-bond acceptors (Lipinski definition) is 3. The molecule has 0 bridgehead atoms. The van der Waals surface area contributed by atoms with E-state index >= 15 is 0 Å². The van der Waals surface area contributed by atoms with E-state index in [-0.39, 0.29) is 0 Å². The molecule has 0 atom stereocenters. The van der Waals surface area contributed by atoms with Gasteiger partial charge in [-0.1, -0.05) is 6.07 Å². The molecule has 0 amide bonds.